The molecule has 4 nitrogen and oxygen atoms in total. The number of rotatable bonds is 5. The van der Waals surface area contributed by atoms with Gasteiger partial charge in [-0.3, -0.25) is 0 Å². The van der Waals surface area contributed by atoms with Gasteiger partial charge in [-0.15, -0.1) is 0 Å². The number of para-hydroxylation sites is 1. The molecule has 0 aliphatic heterocycles. The summed E-state index contributed by atoms with van der Waals surface area (Å²) in [7, 11) is 3.96. The van der Waals surface area contributed by atoms with Gasteiger partial charge in [-0.1, -0.05) is 48.5 Å². The van der Waals surface area contributed by atoms with Crippen LogP contribution in [0.15, 0.2) is 73.1 Å². The quantitative estimate of drug-likeness (QED) is 0.716. The normalized spacial score (nSPS) is 10.3. The smallest absolute Gasteiger partial charge is 0.138 e. The minimum atomic E-state index is 0.759. The minimum Gasteiger partial charge on any atom is -0.363 e. The van der Waals surface area contributed by atoms with Crippen LogP contribution in [0.5, 0.6) is 0 Å². The van der Waals surface area contributed by atoms with Gasteiger partial charge in [0.2, 0.25) is 0 Å². The first-order valence-electron chi connectivity index (χ1n) is 7.60. The van der Waals surface area contributed by atoms with Gasteiger partial charge in [0.25, 0.3) is 0 Å². The molecule has 0 bridgehead atoms. The van der Waals surface area contributed by atoms with Crippen molar-refractivity contribution in [1.29, 1.82) is 0 Å². The molecule has 0 saturated carbocycles. The van der Waals surface area contributed by atoms with E-state index in [-0.39, 0.29) is 0 Å². The first kappa shape index (κ1) is 15.0. The maximum absolute atomic E-state index is 4.48. The second-order valence-electron chi connectivity index (χ2n) is 5.54. The van der Waals surface area contributed by atoms with E-state index in [0.717, 1.165) is 23.9 Å². The van der Waals surface area contributed by atoms with Gasteiger partial charge in [-0.05, 0) is 17.7 Å². The van der Waals surface area contributed by atoms with Crippen LogP contribution in [-0.2, 0) is 6.54 Å². The molecule has 4 heteroatoms. The predicted octanol–water partition coefficient (Wildman–Crippen LogP) is 3.88. The Morgan fingerprint density at radius 1 is 0.783 bits per heavy atom. The highest BCUT2D eigenvalue weighted by Gasteiger charge is 2.12. The first-order valence-corrected chi connectivity index (χ1v) is 7.60. The molecule has 116 valence electrons. The van der Waals surface area contributed by atoms with Crippen molar-refractivity contribution in [3.63, 3.8) is 0 Å². The summed E-state index contributed by atoms with van der Waals surface area (Å²) in [4.78, 5) is 13.0. The number of benzene rings is 2. The van der Waals surface area contributed by atoms with Crippen LogP contribution in [0.1, 0.15) is 5.56 Å². The average molecular weight is 304 g/mol. The van der Waals surface area contributed by atoms with Crippen LogP contribution < -0.4 is 9.80 Å². The molecule has 0 spiro atoms. The van der Waals surface area contributed by atoms with E-state index in [0.29, 0.717) is 0 Å². The van der Waals surface area contributed by atoms with Crippen molar-refractivity contribution in [2.24, 2.45) is 0 Å². The van der Waals surface area contributed by atoms with Crippen LogP contribution >= 0.6 is 0 Å². The molecule has 0 fully saturated rings. The van der Waals surface area contributed by atoms with Gasteiger partial charge in [-0.2, -0.15) is 0 Å². The number of hydrogen-bond acceptors (Lipinski definition) is 4. The van der Waals surface area contributed by atoms with E-state index in [9.17, 15) is 0 Å². The highest BCUT2D eigenvalue weighted by Crippen LogP contribution is 2.27. The highest BCUT2D eigenvalue weighted by molar-refractivity contribution is 5.62. The zero-order valence-corrected chi connectivity index (χ0v) is 13.4. The molecule has 23 heavy (non-hydrogen) atoms. The van der Waals surface area contributed by atoms with E-state index in [1.807, 2.05) is 49.3 Å². The van der Waals surface area contributed by atoms with E-state index < -0.39 is 0 Å². The molecule has 2 aromatic carbocycles. The Labute approximate surface area is 137 Å². The van der Waals surface area contributed by atoms with Gasteiger partial charge < -0.3 is 9.80 Å². The monoisotopic (exact) mass is 304 g/mol. The molecule has 3 rings (SSSR count). The summed E-state index contributed by atoms with van der Waals surface area (Å²) >= 11 is 0. The van der Waals surface area contributed by atoms with E-state index in [1.54, 1.807) is 6.33 Å². The standard InChI is InChI=1S/C19H20N4/c1-22(2)18-13-19(21-15-20-18)23(17-11-7-4-8-12-17)14-16-9-5-3-6-10-16/h3-13,15H,14H2,1-2H3. The third-order valence-electron chi connectivity index (χ3n) is 3.62. The third-order valence-corrected chi connectivity index (χ3v) is 3.62. The molecule has 0 aliphatic rings. The molecule has 0 atom stereocenters. The zero-order valence-electron chi connectivity index (χ0n) is 13.4. The molecular formula is C19H20N4. The Hall–Kier alpha value is -2.88. The van der Waals surface area contributed by atoms with Crippen LogP contribution in [-0.4, -0.2) is 24.1 Å². The summed E-state index contributed by atoms with van der Waals surface area (Å²) < 4.78 is 0. The Morgan fingerprint density at radius 3 is 2.04 bits per heavy atom. The van der Waals surface area contributed by atoms with Crippen molar-refractivity contribution >= 4 is 17.3 Å². The Morgan fingerprint density at radius 2 is 1.39 bits per heavy atom. The Kier molecular flexibility index (Phi) is 4.52. The lowest BCUT2D eigenvalue weighted by molar-refractivity contribution is 0.930. The number of aromatic nitrogens is 2. The maximum atomic E-state index is 4.48. The number of anilines is 3. The molecular weight excluding hydrogens is 284 g/mol. The van der Waals surface area contributed by atoms with E-state index in [1.165, 1.54) is 5.56 Å². The summed E-state index contributed by atoms with van der Waals surface area (Å²) in [5.74, 6) is 1.78. The van der Waals surface area contributed by atoms with Gasteiger partial charge >= 0.3 is 0 Å². The van der Waals surface area contributed by atoms with Crippen molar-refractivity contribution in [3.05, 3.63) is 78.6 Å². The van der Waals surface area contributed by atoms with Crippen molar-refractivity contribution in [2.75, 3.05) is 23.9 Å². The molecule has 3 aromatic rings. The fourth-order valence-corrected chi connectivity index (χ4v) is 2.41. The molecule has 0 aliphatic carbocycles. The highest BCUT2D eigenvalue weighted by atomic mass is 15.2. The fraction of sp³-hybridized carbons (Fsp3) is 0.158. The summed E-state index contributed by atoms with van der Waals surface area (Å²) in [6, 6.07) is 22.7. The Bertz CT molecular complexity index is 742. The zero-order chi connectivity index (χ0) is 16.1. The second-order valence-corrected chi connectivity index (χ2v) is 5.54. The molecule has 0 N–H and O–H groups in total. The van der Waals surface area contributed by atoms with Gasteiger partial charge in [0.15, 0.2) is 0 Å². The fourth-order valence-electron chi connectivity index (χ4n) is 2.41. The largest absolute Gasteiger partial charge is 0.363 e. The third kappa shape index (κ3) is 3.66. The van der Waals surface area contributed by atoms with Crippen LogP contribution in [0.25, 0.3) is 0 Å². The lowest BCUT2D eigenvalue weighted by Gasteiger charge is -2.25. The van der Waals surface area contributed by atoms with Gasteiger partial charge in [0.05, 0.1) is 0 Å². The summed E-state index contributed by atoms with van der Waals surface area (Å²) in [6.07, 6.45) is 1.62. The topological polar surface area (TPSA) is 32.3 Å². The van der Waals surface area contributed by atoms with Crippen molar-refractivity contribution in [3.8, 4) is 0 Å². The minimum absolute atomic E-state index is 0.759. The number of nitrogens with zero attached hydrogens (tertiary/aromatic N) is 4. The van der Waals surface area contributed by atoms with Crippen LogP contribution in [0, 0.1) is 0 Å². The maximum Gasteiger partial charge on any atom is 0.138 e. The van der Waals surface area contributed by atoms with E-state index >= 15 is 0 Å². The van der Waals surface area contributed by atoms with Gasteiger partial charge in [-0.25, -0.2) is 9.97 Å². The molecule has 0 radical (unpaired) electrons. The second kappa shape index (κ2) is 6.92. The van der Waals surface area contributed by atoms with Crippen molar-refractivity contribution < 1.29 is 0 Å². The van der Waals surface area contributed by atoms with E-state index in [4.69, 9.17) is 0 Å². The SMILES string of the molecule is CN(C)c1cc(N(Cc2ccccc2)c2ccccc2)ncn1. The molecule has 0 amide bonds. The van der Waals surface area contributed by atoms with E-state index in [2.05, 4.69) is 51.3 Å². The van der Waals surface area contributed by atoms with Crippen molar-refractivity contribution in [1.82, 2.24) is 9.97 Å². The molecule has 1 aromatic heterocycles. The lowest BCUT2D eigenvalue weighted by Crippen LogP contribution is -2.19. The van der Waals surface area contributed by atoms with Gasteiger partial charge in [0.1, 0.15) is 18.0 Å². The van der Waals surface area contributed by atoms with Crippen LogP contribution in [0.2, 0.25) is 0 Å². The molecule has 1 heterocycles. The van der Waals surface area contributed by atoms with Crippen LogP contribution in [0.3, 0.4) is 0 Å². The number of hydrogen-bond donors (Lipinski definition) is 0. The average Bonchev–Trinajstić information content (AvgIpc) is 2.61. The first-order chi connectivity index (χ1) is 11.2. The summed E-state index contributed by atoms with van der Waals surface area (Å²) in [6.45, 7) is 0.759. The molecule has 0 unspecified atom stereocenters. The predicted molar refractivity (Wildman–Crippen MR) is 95.1 cm³/mol. The van der Waals surface area contributed by atoms with Crippen molar-refractivity contribution in [2.45, 2.75) is 6.54 Å². The Balaban J connectivity index is 2.00. The lowest BCUT2D eigenvalue weighted by atomic mass is 10.2. The van der Waals surface area contributed by atoms with Gasteiger partial charge in [0, 0.05) is 32.4 Å². The van der Waals surface area contributed by atoms with Crippen LogP contribution in [0.4, 0.5) is 17.3 Å². The summed E-state index contributed by atoms with van der Waals surface area (Å²) in [5.41, 5.74) is 2.35. The molecule has 0 saturated heterocycles. The summed E-state index contributed by atoms with van der Waals surface area (Å²) in [5, 5.41) is 0.